The number of fused-ring (bicyclic) bond motifs is 1. The first-order chi connectivity index (χ1) is 12.6. The van der Waals surface area contributed by atoms with E-state index in [0.717, 1.165) is 47.7 Å². The van der Waals surface area contributed by atoms with E-state index in [1.807, 2.05) is 66.0 Å². The maximum atomic E-state index is 12.8. The minimum Gasteiger partial charge on any atom is -0.368 e. The number of aromatic nitrogens is 1. The smallest absolute Gasteiger partial charge is 0.127 e. The lowest BCUT2D eigenvalue weighted by atomic mass is 10.1. The Bertz CT molecular complexity index is 953. The van der Waals surface area contributed by atoms with Gasteiger partial charge in [-0.3, -0.25) is 4.98 Å². The molecule has 1 saturated heterocycles. The molecule has 4 rings (SSSR count). The summed E-state index contributed by atoms with van der Waals surface area (Å²) >= 11 is 6.08. The van der Waals surface area contributed by atoms with E-state index in [1.165, 1.54) is 5.56 Å². The average Bonchev–Trinajstić information content (AvgIpc) is 2.67. The van der Waals surface area contributed by atoms with Crippen molar-refractivity contribution in [3.63, 3.8) is 0 Å². The van der Waals surface area contributed by atoms with Crippen molar-refractivity contribution in [2.24, 2.45) is 0 Å². The largest absolute Gasteiger partial charge is 0.368 e. The van der Waals surface area contributed by atoms with Gasteiger partial charge in [-0.2, -0.15) is 0 Å². The van der Waals surface area contributed by atoms with Gasteiger partial charge in [-0.25, -0.2) is 8.51 Å². The molecule has 26 heavy (non-hydrogen) atoms. The molecule has 1 aliphatic rings. The van der Waals surface area contributed by atoms with Crippen LogP contribution in [0.2, 0.25) is 5.02 Å². The summed E-state index contributed by atoms with van der Waals surface area (Å²) in [5, 5.41) is 1.80. The average molecular weight is 386 g/mol. The van der Waals surface area contributed by atoms with Crippen LogP contribution in [0.15, 0.2) is 59.6 Å². The molecule has 2 aromatic carbocycles. The number of halogens is 1. The van der Waals surface area contributed by atoms with Gasteiger partial charge in [0.1, 0.15) is 11.0 Å². The van der Waals surface area contributed by atoms with Crippen molar-refractivity contribution < 1.29 is 4.21 Å². The van der Waals surface area contributed by atoms with Gasteiger partial charge in [0.15, 0.2) is 0 Å². The fourth-order valence-electron chi connectivity index (χ4n) is 3.28. The van der Waals surface area contributed by atoms with Gasteiger partial charge >= 0.3 is 0 Å². The Morgan fingerprint density at radius 1 is 1.00 bits per heavy atom. The number of benzene rings is 2. The number of hydrogen-bond donors (Lipinski definition) is 0. The van der Waals surface area contributed by atoms with Crippen LogP contribution in [0.1, 0.15) is 5.56 Å². The summed E-state index contributed by atoms with van der Waals surface area (Å²) in [5.41, 5.74) is 3.24. The van der Waals surface area contributed by atoms with E-state index in [2.05, 4.69) is 9.88 Å². The highest BCUT2D eigenvalue weighted by Crippen LogP contribution is 2.28. The Labute approximate surface area is 161 Å². The minimum atomic E-state index is -1.10. The van der Waals surface area contributed by atoms with E-state index in [-0.39, 0.29) is 0 Å². The number of hydrogen-bond acceptors (Lipinski definition) is 3. The van der Waals surface area contributed by atoms with Crippen LogP contribution in [0.4, 0.5) is 5.69 Å². The Morgan fingerprint density at radius 2 is 1.73 bits per heavy atom. The normalized spacial score (nSPS) is 16.8. The monoisotopic (exact) mass is 385 g/mol. The molecule has 0 radical (unpaired) electrons. The van der Waals surface area contributed by atoms with Crippen LogP contribution in [0.5, 0.6) is 0 Å². The van der Waals surface area contributed by atoms with E-state index in [1.54, 1.807) is 0 Å². The zero-order valence-electron chi connectivity index (χ0n) is 14.6. The Morgan fingerprint density at radius 3 is 2.46 bits per heavy atom. The minimum absolute atomic E-state index is 0.695. The van der Waals surface area contributed by atoms with E-state index in [9.17, 15) is 4.21 Å². The first kappa shape index (κ1) is 17.5. The molecule has 0 N–H and O–H groups in total. The number of piperazine rings is 1. The predicted molar refractivity (Wildman–Crippen MR) is 108 cm³/mol. The molecule has 1 fully saturated rings. The van der Waals surface area contributed by atoms with E-state index in [0.29, 0.717) is 5.02 Å². The molecule has 0 aliphatic carbocycles. The van der Waals surface area contributed by atoms with Gasteiger partial charge in [0.2, 0.25) is 0 Å². The van der Waals surface area contributed by atoms with Crippen molar-refractivity contribution in [2.45, 2.75) is 11.8 Å². The van der Waals surface area contributed by atoms with Crippen LogP contribution in [0, 0.1) is 6.92 Å². The fraction of sp³-hybridized carbons (Fsp3) is 0.250. The fourth-order valence-corrected chi connectivity index (χ4v) is 4.61. The topological polar surface area (TPSA) is 36.4 Å². The summed E-state index contributed by atoms with van der Waals surface area (Å²) in [6.07, 6.45) is 1.82. The second-order valence-electron chi connectivity index (χ2n) is 6.47. The first-order valence-electron chi connectivity index (χ1n) is 8.64. The molecule has 1 unspecified atom stereocenters. The molecule has 2 heterocycles. The lowest BCUT2D eigenvalue weighted by Crippen LogP contribution is -2.47. The molecule has 0 bridgehead atoms. The van der Waals surface area contributed by atoms with Gasteiger partial charge in [0, 0.05) is 48.5 Å². The van der Waals surface area contributed by atoms with Gasteiger partial charge in [-0.05, 0) is 43.3 Å². The van der Waals surface area contributed by atoms with Crippen LogP contribution in [0.3, 0.4) is 0 Å². The highest BCUT2D eigenvalue weighted by Gasteiger charge is 2.23. The molecule has 1 aromatic heterocycles. The van der Waals surface area contributed by atoms with Gasteiger partial charge in [-0.15, -0.1) is 0 Å². The van der Waals surface area contributed by atoms with Crippen molar-refractivity contribution in [2.75, 3.05) is 31.1 Å². The molecular formula is C20H20ClN3OS. The summed E-state index contributed by atoms with van der Waals surface area (Å²) in [6.45, 7) is 5.23. The summed E-state index contributed by atoms with van der Waals surface area (Å²) in [4.78, 5) is 7.62. The molecular weight excluding hydrogens is 366 g/mol. The second-order valence-corrected chi connectivity index (χ2v) is 8.39. The van der Waals surface area contributed by atoms with Crippen molar-refractivity contribution in [3.05, 3.63) is 65.3 Å². The summed E-state index contributed by atoms with van der Waals surface area (Å²) in [6, 6.07) is 15.8. The van der Waals surface area contributed by atoms with Crippen molar-refractivity contribution in [1.29, 1.82) is 0 Å². The van der Waals surface area contributed by atoms with E-state index in [4.69, 9.17) is 11.6 Å². The third kappa shape index (κ3) is 3.47. The first-order valence-corrected chi connectivity index (χ1v) is 10.1. The quantitative estimate of drug-likeness (QED) is 0.682. The van der Waals surface area contributed by atoms with Crippen LogP contribution in [-0.4, -0.2) is 39.7 Å². The molecule has 134 valence electrons. The highest BCUT2D eigenvalue weighted by atomic mass is 35.5. The number of pyridine rings is 1. The maximum absolute atomic E-state index is 12.8. The summed E-state index contributed by atoms with van der Waals surface area (Å²) in [5.74, 6) is 0. The van der Waals surface area contributed by atoms with E-state index >= 15 is 0 Å². The Hall–Kier alpha value is -1.95. The molecule has 1 atom stereocenters. The molecule has 0 saturated carbocycles. The van der Waals surface area contributed by atoms with Gasteiger partial charge in [0.25, 0.3) is 0 Å². The van der Waals surface area contributed by atoms with Gasteiger partial charge in [0.05, 0.1) is 10.4 Å². The molecule has 4 nitrogen and oxygen atoms in total. The van der Waals surface area contributed by atoms with Crippen LogP contribution in [0.25, 0.3) is 10.9 Å². The highest BCUT2D eigenvalue weighted by molar-refractivity contribution is 7.82. The van der Waals surface area contributed by atoms with Crippen molar-refractivity contribution >= 4 is 39.2 Å². The molecule has 3 aromatic rings. The lowest BCUT2D eigenvalue weighted by Gasteiger charge is -2.35. The third-order valence-electron chi connectivity index (χ3n) is 4.72. The molecule has 1 aliphatic heterocycles. The summed E-state index contributed by atoms with van der Waals surface area (Å²) in [7, 11) is -1.10. The standard InChI is InChI=1S/C20H20ClN3OS/c1-15-2-5-17(6-3-15)26(25)24-12-10-23(11-13-24)20-8-9-22-19-14-16(21)4-7-18(19)20/h2-9,14H,10-13H2,1H3. The number of anilines is 1. The maximum Gasteiger partial charge on any atom is 0.127 e. The SMILES string of the molecule is Cc1ccc(S(=O)N2CCN(c3ccnc4cc(Cl)ccc34)CC2)cc1. The Kier molecular flexibility index (Phi) is 4.94. The second kappa shape index (κ2) is 7.35. The van der Waals surface area contributed by atoms with Crippen molar-refractivity contribution in [1.82, 2.24) is 9.29 Å². The summed E-state index contributed by atoms with van der Waals surface area (Å²) < 4.78 is 14.8. The van der Waals surface area contributed by atoms with Gasteiger partial charge in [-0.1, -0.05) is 29.3 Å². The zero-order valence-corrected chi connectivity index (χ0v) is 16.1. The molecule has 0 spiro atoms. The van der Waals surface area contributed by atoms with Crippen molar-refractivity contribution in [3.8, 4) is 0 Å². The van der Waals surface area contributed by atoms with Crippen LogP contribution < -0.4 is 4.90 Å². The molecule has 6 heteroatoms. The Balaban J connectivity index is 1.50. The van der Waals surface area contributed by atoms with E-state index < -0.39 is 11.0 Å². The zero-order chi connectivity index (χ0) is 18.1. The van der Waals surface area contributed by atoms with Gasteiger partial charge < -0.3 is 4.90 Å². The third-order valence-corrected chi connectivity index (χ3v) is 6.46. The number of nitrogens with zero attached hydrogens (tertiary/aromatic N) is 3. The lowest BCUT2D eigenvalue weighted by molar-refractivity contribution is 0.410. The predicted octanol–water partition coefficient (Wildman–Crippen LogP) is 4.04. The number of rotatable bonds is 3. The number of aryl methyl sites for hydroxylation is 1. The van der Waals surface area contributed by atoms with Crippen LogP contribution in [-0.2, 0) is 11.0 Å². The molecule has 0 amide bonds. The van der Waals surface area contributed by atoms with Crippen LogP contribution >= 0.6 is 11.6 Å².